The fourth-order valence-corrected chi connectivity index (χ4v) is 3.93. The minimum Gasteiger partial charge on any atom is -0.370 e. The number of nitrogens with zero attached hydrogens (tertiary/aromatic N) is 1. The van der Waals surface area contributed by atoms with Crippen LogP contribution in [0.15, 0.2) is 54.7 Å². The van der Waals surface area contributed by atoms with E-state index in [1.807, 2.05) is 36.0 Å². The van der Waals surface area contributed by atoms with E-state index in [0.717, 1.165) is 30.0 Å². The number of nitrogens with one attached hydrogen (secondary N) is 2. The Morgan fingerprint density at radius 3 is 2.58 bits per heavy atom. The van der Waals surface area contributed by atoms with E-state index < -0.39 is 0 Å². The van der Waals surface area contributed by atoms with Gasteiger partial charge in [0.05, 0.1) is 5.57 Å². The van der Waals surface area contributed by atoms with Gasteiger partial charge in [0.1, 0.15) is 0 Å². The molecule has 1 amide bonds. The van der Waals surface area contributed by atoms with Gasteiger partial charge in [-0.15, -0.1) is 0 Å². The molecule has 2 N–H and O–H groups in total. The van der Waals surface area contributed by atoms with Crippen LogP contribution in [-0.4, -0.2) is 30.5 Å². The Hall–Kier alpha value is -2.40. The van der Waals surface area contributed by atoms with Gasteiger partial charge in [0.15, 0.2) is 0 Å². The van der Waals surface area contributed by atoms with E-state index in [-0.39, 0.29) is 5.91 Å². The summed E-state index contributed by atoms with van der Waals surface area (Å²) in [5, 5.41) is 6.12. The van der Waals surface area contributed by atoms with E-state index in [1.54, 1.807) is 6.20 Å². The van der Waals surface area contributed by atoms with Crippen molar-refractivity contribution in [2.45, 2.75) is 0 Å². The zero-order valence-corrected chi connectivity index (χ0v) is 14.1. The Morgan fingerprint density at radius 1 is 1.04 bits per heavy atom. The SMILES string of the molecule is O=C1Nc2ccccc2/C1=C\Nc1ccc(N2CCSCC2)cc1. The van der Waals surface area contributed by atoms with E-state index in [0.29, 0.717) is 5.57 Å². The normalized spacial score (nSPS) is 18.4. The number of amides is 1. The highest BCUT2D eigenvalue weighted by Gasteiger charge is 2.23. The lowest BCUT2D eigenvalue weighted by atomic mass is 10.1. The van der Waals surface area contributed by atoms with E-state index in [1.165, 1.54) is 17.2 Å². The van der Waals surface area contributed by atoms with Gasteiger partial charge in [0, 0.05) is 53.4 Å². The number of rotatable bonds is 3. The lowest BCUT2D eigenvalue weighted by Crippen LogP contribution is -2.32. The van der Waals surface area contributed by atoms with Crippen LogP contribution in [0.1, 0.15) is 5.56 Å². The smallest absolute Gasteiger partial charge is 0.257 e. The predicted molar refractivity (Wildman–Crippen MR) is 103 cm³/mol. The van der Waals surface area contributed by atoms with Gasteiger partial charge in [-0.05, 0) is 30.3 Å². The molecule has 4 rings (SSSR count). The summed E-state index contributed by atoms with van der Waals surface area (Å²) in [7, 11) is 0. The number of carbonyl (C=O) groups excluding carboxylic acids is 1. The van der Waals surface area contributed by atoms with Gasteiger partial charge >= 0.3 is 0 Å². The second kappa shape index (κ2) is 6.61. The highest BCUT2D eigenvalue weighted by molar-refractivity contribution is 7.99. The first-order chi connectivity index (χ1) is 11.8. The molecule has 0 unspecified atom stereocenters. The number of hydrogen-bond donors (Lipinski definition) is 2. The lowest BCUT2D eigenvalue weighted by Gasteiger charge is -2.28. The maximum absolute atomic E-state index is 12.1. The molecule has 1 saturated heterocycles. The molecule has 5 heteroatoms. The van der Waals surface area contributed by atoms with Crippen LogP contribution in [0.3, 0.4) is 0 Å². The van der Waals surface area contributed by atoms with Gasteiger partial charge in [-0.1, -0.05) is 18.2 Å². The summed E-state index contributed by atoms with van der Waals surface area (Å²) < 4.78 is 0. The molecule has 4 nitrogen and oxygen atoms in total. The molecule has 2 aromatic rings. The van der Waals surface area contributed by atoms with Crippen LogP contribution in [0.25, 0.3) is 5.57 Å². The summed E-state index contributed by atoms with van der Waals surface area (Å²) in [5.41, 5.74) is 4.72. The van der Waals surface area contributed by atoms with Gasteiger partial charge in [-0.3, -0.25) is 4.79 Å². The van der Waals surface area contributed by atoms with Crippen LogP contribution in [0.2, 0.25) is 0 Å². The average molecular weight is 337 g/mol. The first-order valence-electron chi connectivity index (χ1n) is 8.11. The molecule has 2 heterocycles. The van der Waals surface area contributed by atoms with E-state index >= 15 is 0 Å². The Balaban J connectivity index is 1.49. The second-order valence-electron chi connectivity index (χ2n) is 5.85. The van der Waals surface area contributed by atoms with E-state index in [9.17, 15) is 4.79 Å². The Morgan fingerprint density at radius 2 is 1.79 bits per heavy atom. The topological polar surface area (TPSA) is 44.4 Å². The summed E-state index contributed by atoms with van der Waals surface area (Å²) in [6.45, 7) is 2.22. The summed E-state index contributed by atoms with van der Waals surface area (Å²) in [6.07, 6.45) is 1.79. The van der Waals surface area contributed by atoms with Crippen molar-refractivity contribution in [3.05, 3.63) is 60.3 Å². The highest BCUT2D eigenvalue weighted by atomic mass is 32.2. The Labute approximate surface area is 145 Å². The third kappa shape index (κ3) is 2.99. The highest BCUT2D eigenvalue weighted by Crippen LogP contribution is 2.31. The van der Waals surface area contributed by atoms with E-state index in [2.05, 4.69) is 39.8 Å². The van der Waals surface area contributed by atoms with Crippen molar-refractivity contribution in [1.29, 1.82) is 0 Å². The van der Waals surface area contributed by atoms with Crippen LogP contribution >= 0.6 is 11.8 Å². The molecule has 0 atom stereocenters. The van der Waals surface area contributed by atoms with Crippen molar-refractivity contribution in [2.24, 2.45) is 0 Å². The molecule has 0 radical (unpaired) electrons. The van der Waals surface area contributed by atoms with Gasteiger partial charge in [0.2, 0.25) is 0 Å². The molecule has 24 heavy (non-hydrogen) atoms. The number of hydrogen-bond acceptors (Lipinski definition) is 4. The number of para-hydroxylation sites is 1. The minimum atomic E-state index is -0.0638. The van der Waals surface area contributed by atoms with Crippen molar-refractivity contribution >= 4 is 40.3 Å². The predicted octanol–water partition coefficient (Wildman–Crippen LogP) is 3.64. The maximum atomic E-state index is 12.1. The lowest BCUT2D eigenvalue weighted by molar-refractivity contribution is -0.110. The van der Waals surface area contributed by atoms with E-state index in [4.69, 9.17) is 0 Å². The van der Waals surface area contributed by atoms with Crippen molar-refractivity contribution in [3.63, 3.8) is 0 Å². The standard InChI is InChI=1S/C19H19N3OS/c23-19-17(16-3-1-2-4-18(16)21-19)13-20-14-5-7-15(8-6-14)22-9-11-24-12-10-22/h1-8,13,20H,9-12H2,(H,21,23)/b17-13+. The number of fused-ring (bicyclic) bond motifs is 1. The van der Waals surface area contributed by atoms with Crippen LogP contribution < -0.4 is 15.5 Å². The third-order valence-corrected chi connectivity index (χ3v) is 5.28. The summed E-state index contributed by atoms with van der Waals surface area (Å²) >= 11 is 2.01. The Kier molecular flexibility index (Phi) is 4.17. The number of benzene rings is 2. The summed E-state index contributed by atoms with van der Waals surface area (Å²) in [6, 6.07) is 16.1. The van der Waals surface area contributed by atoms with Crippen LogP contribution in [-0.2, 0) is 4.79 Å². The molecule has 2 aromatic carbocycles. The van der Waals surface area contributed by atoms with Crippen LogP contribution in [0.4, 0.5) is 17.1 Å². The molecular weight excluding hydrogens is 318 g/mol. The second-order valence-corrected chi connectivity index (χ2v) is 7.07. The molecular formula is C19H19N3OS. The van der Waals surface area contributed by atoms with Crippen molar-refractivity contribution < 1.29 is 4.79 Å². The van der Waals surface area contributed by atoms with Crippen molar-refractivity contribution in [1.82, 2.24) is 0 Å². The molecule has 0 spiro atoms. The quantitative estimate of drug-likeness (QED) is 0.839. The summed E-state index contributed by atoms with van der Waals surface area (Å²) in [4.78, 5) is 14.5. The molecule has 122 valence electrons. The Bertz CT molecular complexity index is 779. The molecule has 2 aliphatic heterocycles. The molecule has 2 aliphatic rings. The fraction of sp³-hybridized carbons (Fsp3) is 0.211. The number of thioether (sulfide) groups is 1. The average Bonchev–Trinajstić information content (AvgIpc) is 2.96. The first kappa shape index (κ1) is 15.1. The van der Waals surface area contributed by atoms with Gasteiger partial charge in [0.25, 0.3) is 5.91 Å². The van der Waals surface area contributed by atoms with Gasteiger partial charge in [-0.2, -0.15) is 11.8 Å². The van der Waals surface area contributed by atoms with Crippen molar-refractivity contribution in [2.75, 3.05) is 40.1 Å². The maximum Gasteiger partial charge on any atom is 0.257 e. The summed E-state index contributed by atoms with van der Waals surface area (Å²) in [5.74, 6) is 2.33. The number of carbonyl (C=O) groups is 1. The fourth-order valence-electron chi connectivity index (χ4n) is 3.03. The molecule has 0 bridgehead atoms. The first-order valence-corrected chi connectivity index (χ1v) is 9.27. The largest absolute Gasteiger partial charge is 0.370 e. The van der Waals surface area contributed by atoms with Crippen LogP contribution in [0.5, 0.6) is 0 Å². The monoisotopic (exact) mass is 337 g/mol. The van der Waals surface area contributed by atoms with Gasteiger partial charge < -0.3 is 15.5 Å². The molecule has 0 aromatic heterocycles. The van der Waals surface area contributed by atoms with Crippen molar-refractivity contribution in [3.8, 4) is 0 Å². The number of anilines is 3. The zero-order chi connectivity index (χ0) is 16.4. The van der Waals surface area contributed by atoms with Crippen LogP contribution in [0, 0.1) is 0 Å². The molecule has 0 aliphatic carbocycles. The third-order valence-electron chi connectivity index (χ3n) is 4.34. The minimum absolute atomic E-state index is 0.0638. The molecule has 1 fully saturated rings. The molecule has 0 saturated carbocycles. The zero-order valence-electron chi connectivity index (χ0n) is 13.3. The van der Waals surface area contributed by atoms with Gasteiger partial charge in [-0.25, -0.2) is 0 Å².